The molecule has 1 amide bonds. The summed E-state index contributed by atoms with van der Waals surface area (Å²) in [6, 6.07) is 5.01. The van der Waals surface area contributed by atoms with Gasteiger partial charge in [0.1, 0.15) is 11.6 Å². The highest BCUT2D eigenvalue weighted by Crippen LogP contribution is 2.38. The van der Waals surface area contributed by atoms with Crippen LogP contribution in [0.4, 0.5) is 39.3 Å². The highest BCUT2D eigenvalue weighted by atomic mass is 19.4. The lowest BCUT2D eigenvalue weighted by atomic mass is 10.0. The third kappa shape index (κ3) is 6.02. The summed E-state index contributed by atoms with van der Waals surface area (Å²) >= 11 is 0. The molecule has 2 aliphatic rings. The van der Waals surface area contributed by atoms with E-state index in [4.69, 9.17) is 4.74 Å². The van der Waals surface area contributed by atoms with E-state index >= 15 is 4.39 Å². The molecule has 3 aromatic rings. The molecule has 0 spiro atoms. The molecular formula is C29H31F5N6O2. The van der Waals surface area contributed by atoms with E-state index in [0.717, 1.165) is 12.1 Å². The summed E-state index contributed by atoms with van der Waals surface area (Å²) in [5.41, 5.74) is -1.91. The summed E-state index contributed by atoms with van der Waals surface area (Å²) < 4.78 is 76.8. The molecule has 2 aliphatic heterocycles. The second kappa shape index (κ2) is 11.8. The molecule has 0 saturated carbocycles. The van der Waals surface area contributed by atoms with Crippen LogP contribution in [0, 0.1) is 11.6 Å². The Morgan fingerprint density at radius 2 is 1.62 bits per heavy atom. The first kappa shape index (κ1) is 29.6. The number of ether oxygens (including phenoxy) is 1. The smallest absolute Gasteiger partial charge is 0.378 e. The average Bonchev–Trinajstić information content (AvgIpc) is 2.96. The number of amides is 1. The quantitative estimate of drug-likeness (QED) is 0.417. The molecule has 0 radical (unpaired) electrons. The van der Waals surface area contributed by atoms with E-state index < -0.39 is 34.8 Å². The molecule has 1 N–H and O–H groups in total. The van der Waals surface area contributed by atoms with Crippen LogP contribution in [0.1, 0.15) is 29.8 Å². The number of hydrogen-bond donors (Lipinski definition) is 1. The van der Waals surface area contributed by atoms with E-state index in [9.17, 15) is 22.4 Å². The lowest BCUT2D eigenvalue weighted by Gasteiger charge is -2.44. The molecular weight excluding hydrogens is 559 g/mol. The van der Waals surface area contributed by atoms with Gasteiger partial charge in [0.15, 0.2) is 0 Å². The van der Waals surface area contributed by atoms with Crippen molar-refractivity contribution in [1.82, 2.24) is 14.9 Å². The number of morpholine rings is 1. The number of likely N-dealkylation sites (N-methyl/N-ethyl adjacent to an activating group) is 1. The standard InChI is InChI=1S/C29H31F5N6O2/c1-17-15-40(16-18(2)38(17)3)25-12-23(31)20(19-13-35-28(36-14-19)39-7-9-42-10-8-39)11-24(25)37-27(41)26-21(29(32,33)34)5-4-6-22(26)30/h4-6,11-14,17-18H,7-10,15-16H2,1-3H3,(H,37,41). The zero-order valence-corrected chi connectivity index (χ0v) is 23.4. The van der Waals surface area contributed by atoms with Crippen LogP contribution in [0.2, 0.25) is 0 Å². The predicted molar refractivity (Wildman–Crippen MR) is 149 cm³/mol. The summed E-state index contributed by atoms with van der Waals surface area (Å²) in [4.78, 5) is 27.9. The summed E-state index contributed by atoms with van der Waals surface area (Å²) in [5, 5.41) is 2.45. The first-order chi connectivity index (χ1) is 19.9. The highest BCUT2D eigenvalue weighted by Gasteiger charge is 2.37. The normalized spacial score (nSPS) is 20.1. The van der Waals surface area contributed by atoms with Gasteiger partial charge in [0, 0.05) is 61.8 Å². The molecule has 2 saturated heterocycles. The van der Waals surface area contributed by atoms with Gasteiger partial charge in [-0.2, -0.15) is 13.2 Å². The van der Waals surface area contributed by atoms with Crippen LogP contribution in [0.25, 0.3) is 11.1 Å². The van der Waals surface area contributed by atoms with E-state index in [1.165, 1.54) is 24.5 Å². The van der Waals surface area contributed by atoms with Crippen molar-refractivity contribution in [3.05, 3.63) is 65.5 Å². The summed E-state index contributed by atoms with van der Waals surface area (Å²) in [6.45, 7) is 7.20. The number of rotatable bonds is 5. The topological polar surface area (TPSA) is 73.8 Å². The number of piperazine rings is 1. The van der Waals surface area contributed by atoms with Gasteiger partial charge in [-0.15, -0.1) is 0 Å². The summed E-state index contributed by atoms with van der Waals surface area (Å²) in [7, 11) is 1.97. The lowest BCUT2D eigenvalue weighted by Crippen LogP contribution is -2.55. The molecule has 2 atom stereocenters. The second-order valence-corrected chi connectivity index (χ2v) is 10.6. The Bertz CT molecular complexity index is 1430. The molecule has 8 nitrogen and oxygen atoms in total. The van der Waals surface area contributed by atoms with E-state index in [-0.39, 0.29) is 29.0 Å². The molecule has 42 heavy (non-hydrogen) atoms. The molecule has 0 bridgehead atoms. The number of carbonyl (C=O) groups excluding carboxylic acids is 1. The number of aromatic nitrogens is 2. The van der Waals surface area contributed by atoms with Crippen LogP contribution >= 0.6 is 0 Å². The number of nitrogens with zero attached hydrogens (tertiary/aromatic N) is 5. The number of halogens is 5. The second-order valence-electron chi connectivity index (χ2n) is 10.6. The van der Waals surface area contributed by atoms with Crippen LogP contribution in [-0.4, -0.2) is 79.3 Å². The third-order valence-electron chi connectivity index (χ3n) is 7.82. The predicted octanol–water partition coefficient (Wildman–Crippen LogP) is 5.06. The van der Waals surface area contributed by atoms with Crippen LogP contribution in [-0.2, 0) is 10.9 Å². The molecule has 0 aliphatic carbocycles. The number of anilines is 3. The third-order valence-corrected chi connectivity index (χ3v) is 7.82. The minimum atomic E-state index is -4.96. The Morgan fingerprint density at radius 3 is 2.24 bits per heavy atom. The Balaban J connectivity index is 1.55. The van der Waals surface area contributed by atoms with Crippen molar-refractivity contribution in [2.24, 2.45) is 0 Å². The molecule has 1 aromatic heterocycles. The fraction of sp³-hybridized carbons (Fsp3) is 0.414. The van der Waals surface area contributed by atoms with Gasteiger partial charge in [0.05, 0.1) is 35.7 Å². The fourth-order valence-electron chi connectivity index (χ4n) is 5.31. The van der Waals surface area contributed by atoms with Crippen molar-refractivity contribution in [3.8, 4) is 11.1 Å². The highest BCUT2D eigenvalue weighted by molar-refractivity contribution is 6.07. The first-order valence-corrected chi connectivity index (χ1v) is 13.6. The van der Waals surface area contributed by atoms with Crippen molar-refractivity contribution < 1.29 is 31.5 Å². The molecule has 2 unspecified atom stereocenters. The molecule has 224 valence electrons. The Kier molecular flexibility index (Phi) is 8.33. The number of hydrogen-bond acceptors (Lipinski definition) is 7. The van der Waals surface area contributed by atoms with Crippen LogP contribution < -0.4 is 15.1 Å². The Morgan fingerprint density at radius 1 is 0.976 bits per heavy atom. The van der Waals surface area contributed by atoms with Gasteiger partial charge in [0.2, 0.25) is 5.95 Å². The Hall–Kier alpha value is -3.84. The van der Waals surface area contributed by atoms with Gasteiger partial charge in [-0.05, 0) is 45.2 Å². The minimum absolute atomic E-state index is 0.0300. The van der Waals surface area contributed by atoms with Gasteiger partial charge in [-0.25, -0.2) is 18.7 Å². The van der Waals surface area contributed by atoms with Crippen molar-refractivity contribution >= 4 is 23.2 Å². The number of nitrogens with one attached hydrogen (secondary N) is 1. The molecule has 5 rings (SSSR count). The van der Waals surface area contributed by atoms with Crippen molar-refractivity contribution in [3.63, 3.8) is 0 Å². The SMILES string of the molecule is CC1CN(c2cc(F)c(-c3cnc(N4CCOCC4)nc3)cc2NC(=O)c2c(F)cccc2C(F)(F)F)CC(C)N1C. The van der Waals surface area contributed by atoms with Gasteiger partial charge >= 0.3 is 6.18 Å². The van der Waals surface area contributed by atoms with E-state index in [1.807, 2.05) is 30.7 Å². The van der Waals surface area contributed by atoms with Crippen LogP contribution in [0.3, 0.4) is 0 Å². The summed E-state index contributed by atoms with van der Waals surface area (Å²) in [5.74, 6) is -2.80. The van der Waals surface area contributed by atoms with E-state index in [2.05, 4.69) is 20.2 Å². The largest absolute Gasteiger partial charge is 0.417 e. The fourth-order valence-corrected chi connectivity index (χ4v) is 5.31. The number of carbonyl (C=O) groups is 1. The molecule has 3 heterocycles. The van der Waals surface area contributed by atoms with Crippen LogP contribution in [0.5, 0.6) is 0 Å². The van der Waals surface area contributed by atoms with Gasteiger partial charge in [-0.1, -0.05) is 6.07 Å². The van der Waals surface area contributed by atoms with E-state index in [1.54, 1.807) is 0 Å². The minimum Gasteiger partial charge on any atom is -0.378 e. The average molecular weight is 591 g/mol. The number of benzene rings is 2. The maximum atomic E-state index is 15.7. The Labute approximate surface area is 240 Å². The maximum absolute atomic E-state index is 15.7. The van der Waals surface area contributed by atoms with Crippen molar-refractivity contribution in [1.29, 1.82) is 0 Å². The zero-order valence-electron chi connectivity index (χ0n) is 23.4. The molecule has 13 heteroatoms. The summed E-state index contributed by atoms with van der Waals surface area (Å²) in [6.07, 6.45) is -2.08. The van der Waals surface area contributed by atoms with Gasteiger partial charge < -0.3 is 19.9 Å². The molecule has 2 aromatic carbocycles. The van der Waals surface area contributed by atoms with Crippen molar-refractivity contribution in [2.45, 2.75) is 32.1 Å². The van der Waals surface area contributed by atoms with Crippen LogP contribution in [0.15, 0.2) is 42.7 Å². The van der Waals surface area contributed by atoms with Crippen molar-refractivity contribution in [2.75, 3.05) is 61.6 Å². The molecule has 2 fully saturated rings. The maximum Gasteiger partial charge on any atom is 0.417 e. The van der Waals surface area contributed by atoms with E-state index in [0.29, 0.717) is 57.0 Å². The number of alkyl halides is 3. The van der Waals surface area contributed by atoms with Gasteiger partial charge in [-0.3, -0.25) is 9.69 Å². The first-order valence-electron chi connectivity index (χ1n) is 13.6. The monoisotopic (exact) mass is 590 g/mol. The lowest BCUT2D eigenvalue weighted by molar-refractivity contribution is -0.138. The van der Waals surface area contributed by atoms with Gasteiger partial charge in [0.25, 0.3) is 5.91 Å². The zero-order chi connectivity index (χ0) is 30.2.